The summed E-state index contributed by atoms with van der Waals surface area (Å²) < 4.78 is 5.66. The fourth-order valence-electron chi connectivity index (χ4n) is 2.03. The summed E-state index contributed by atoms with van der Waals surface area (Å²) in [5.74, 6) is 0.726. The molecule has 0 amide bonds. The van der Waals surface area contributed by atoms with Gasteiger partial charge < -0.3 is 14.9 Å². The molecule has 0 saturated heterocycles. The molecular formula is C17H20O3. The number of rotatable bonds is 5. The number of aliphatic hydroxyl groups excluding tert-OH is 2. The van der Waals surface area contributed by atoms with Crippen molar-refractivity contribution in [1.29, 1.82) is 0 Å². The zero-order chi connectivity index (χ0) is 14.5. The highest BCUT2D eigenvalue weighted by Crippen LogP contribution is 2.24. The van der Waals surface area contributed by atoms with Gasteiger partial charge in [-0.25, -0.2) is 0 Å². The molecule has 20 heavy (non-hydrogen) atoms. The molecule has 2 atom stereocenters. The van der Waals surface area contributed by atoms with Crippen molar-refractivity contribution < 1.29 is 14.9 Å². The Morgan fingerprint density at radius 3 is 2.30 bits per heavy atom. The van der Waals surface area contributed by atoms with Crippen LogP contribution in [0.1, 0.15) is 35.8 Å². The third kappa shape index (κ3) is 3.59. The van der Waals surface area contributed by atoms with Crippen LogP contribution in [0.15, 0.2) is 48.5 Å². The largest absolute Gasteiger partial charge is 0.490 e. The van der Waals surface area contributed by atoms with Gasteiger partial charge in [-0.1, -0.05) is 36.4 Å². The minimum absolute atomic E-state index is 0.207. The maximum Gasteiger partial charge on any atom is 0.122 e. The third-order valence-electron chi connectivity index (χ3n) is 3.26. The molecule has 2 aromatic rings. The highest BCUT2D eigenvalue weighted by molar-refractivity contribution is 5.37. The smallest absolute Gasteiger partial charge is 0.122 e. The molecule has 0 radical (unpaired) electrons. The lowest BCUT2D eigenvalue weighted by atomic mass is 10.1. The van der Waals surface area contributed by atoms with E-state index in [2.05, 4.69) is 0 Å². The summed E-state index contributed by atoms with van der Waals surface area (Å²) in [5, 5.41) is 19.6. The predicted molar refractivity (Wildman–Crippen MR) is 78.7 cm³/mol. The van der Waals surface area contributed by atoms with Crippen molar-refractivity contribution in [3.8, 4) is 5.75 Å². The van der Waals surface area contributed by atoms with Crippen LogP contribution in [-0.4, -0.2) is 16.8 Å². The van der Waals surface area contributed by atoms with E-state index >= 15 is 0 Å². The van der Waals surface area contributed by atoms with Crippen molar-refractivity contribution >= 4 is 0 Å². The Morgan fingerprint density at radius 1 is 1.00 bits per heavy atom. The van der Waals surface area contributed by atoms with E-state index in [0.717, 1.165) is 22.4 Å². The summed E-state index contributed by atoms with van der Waals surface area (Å²) in [5.41, 5.74) is 2.65. The summed E-state index contributed by atoms with van der Waals surface area (Å²) in [6.07, 6.45) is -1.13. The van der Waals surface area contributed by atoms with Gasteiger partial charge in [0, 0.05) is 0 Å². The molecule has 0 fully saturated rings. The van der Waals surface area contributed by atoms with Crippen LogP contribution in [0.25, 0.3) is 0 Å². The minimum Gasteiger partial charge on any atom is -0.490 e. The van der Waals surface area contributed by atoms with Crippen molar-refractivity contribution in [3.63, 3.8) is 0 Å². The highest BCUT2D eigenvalue weighted by Gasteiger charge is 2.10. The highest BCUT2D eigenvalue weighted by atomic mass is 16.5. The van der Waals surface area contributed by atoms with E-state index in [0.29, 0.717) is 0 Å². The molecule has 3 nitrogen and oxygen atoms in total. The normalized spacial score (nSPS) is 13.8. The molecule has 106 valence electrons. The lowest BCUT2D eigenvalue weighted by Gasteiger charge is -2.15. The van der Waals surface area contributed by atoms with Gasteiger partial charge in [0.2, 0.25) is 0 Å². The van der Waals surface area contributed by atoms with E-state index in [-0.39, 0.29) is 6.61 Å². The van der Waals surface area contributed by atoms with Crippen LogP contribution in [0.5, 0.6) is 5.75 Å². The van der Waals surface area contributed by atoms with Crippen LogP contribution >= 0.6 is 0 Å². The SMILES string of the molecule is Cc1cc([C@@H](C)O)ccc1OCC(O)c1ccccc1. The van der Waals surface area contributed by atoms with Crippen molar-refractivity contribution in [2.24, 2.45) is 0 Å². The first-order valence-electron chi connectivity index (χ1n) is 6.72. The Balaban J connectivity index is 2.01. The van der Waals surface area contributed by atoms with E-state index in [1.54, 1.807) is 6.92 Å². The molecule has 0 aliphatic rings. The van der Waals surface area contributed by atoms with E-state index in [1.807, 2.05) is 55.5 Å². The second-order valence-electron chi connectivity index (χ2n) is 4.94. The Morgan fingerprint density at radius 2 is 1.70 bits per heavy atom. The monoisotopic (exact) mass is 272 g/mol. The van der Waals surface area contributed by atoms with Gasteiger partial charge in [-0.05, 0) is 42.7 Å². The molecule has 0 heterocycles. The second-order valence-corrected chi connectivity index (χ2v) is 4.94. The number of benzene rings is 2. The Hall–Kier alpha value is -1.84. The molecule has 0 saturated carbocycles. The molecule has 0 spiro atoms. The molecule has 3 heteroatoms. The fraction of sp³-hybridized carbons (Fsp3) is 0.294. The van der Waals surface area contributed by atoms with Crippen LogP contribution in [0.2, 0.25) is 0 Å². The summed E-state index contributed by atoms with van der Waals surface area (Å²) >= 11 is 0. The van der Waals surface area contributed by atoms with E-state index in [9.17, 15) is 10.2 Å². The first-order chi connectivity index (χ1) is 9.58. The van der Waals surface area contributed by atoms with Gasteiger partial charge in [0.05, 0.1) is 6.10 Å². The van der Waals surface area contributed by atoms with Crippen molar-refractivity contribution in [2.75, 3.05) is 6.61 Å². The van der Waals surface area contributed by atoms with Crippen LogP contribution in [-0.2, 0) is 0 Å². The molecule has 0 aromatic heterocycles. The summed E-state index contributed by atoms with van der Waals surface area (Å²) in [7, 11) is 0. The average molecular weight is 272 g/mol. The number of aliphatic hydroxyl groups is 2. The molecule has 2 aromatic carbocycles. The third-order valence-corrected chi connectivity index (χ3v) is 3.26. The summed E-state index contributed by atoms with van der Waals surface area (Å²) in [4.78, 5) is 0. The molecular weight excluding hydrogens is 252 g/mol. The van der Waals surface area contributed by atoms with Crippen molar-refractivity contribution in [1.82, 2.24) is 0 Å². The Labute approximate surface area is 119 Å². The molecule has 2 rings (SSSR count). The van der Waals surface area contributed by atoms with Crippen molar-refractivity contribution in [3.05, 3.63) is 65.2 Å². The summed E-state index contributed by atoms with van der Waals surface area (Å²) in [6, 6.07) is 15.0. The standard InChI is InChI=1S/C17H20O3/c1-12-10-15(13(2)18)8-9-17(12)20-11-16(19)14-6-4-3-5-7-14/h3-10,13,16,18-19H,11H2,1-2H3/t13-,16?/m1/s1. The first kappa shape index (κ1) is 14.6. The maximum atomic E-state index is 10.1. The molecule has 0 aliphatic carbocycles. The van der Waals surface area contributed by atoms with Gasteiger partial charge in [0.15, 0.2) is 0 Å². The first-order valence-corrected chi connectivity index (χ1v) is 6.72. The topological polar surface area (TPSA) is 49.7 Å². The lowest BCUT2D eigenvalue weighted by molar-refractivity contribution is 0.108. The van der Waals surface area contributed by atoms with E-state index < -0.39 is 12.2 Å². The van der Waals surface area contributed by atoms with Crippen LogP contribution < -0.4 is 4.74 Å². The Bertz CT molecular complexity index is 549. The minimum atomic E-state index is -0.646. The van der Waals surface area contributed by atoms with Gasteiger partial charge in [0.1, 0.15) is 18.5 Å². The van der Waals surface area contributed by atoms with Gasteiger partial charge in [0.25, 0.3) is 0 Å². The molecule has 2 N–H and O–H groups in total. The molecule has 0 aliphatic heterocycles. The number of hydrogen-bond donors (Lipinski definition) is 2. The zero-order valence-electron chi connectivity index (χ0n) is 11.8. The average Bonchev–Trinajstić information content (AvgIpc) is 2.46. The van der Waals surface area contributed by atoms with Gasteiger partial charge in [-0.3, -0.25) is 0 Å². The summed E-state index contributed by atoms with van der Waals surface area (Å²) in [6.45, 7) is 3.86. The maximum absolute atomic E-state index is 10.1. The predicted octanol–water partition coefficient (Wildman–Crippen LogP) is 3.16. The van der Waals surface area contributed by atoms with Crippen LogP contribution in [0, 0.1) is 6.92 Å². The van der Waals surface area contributed by atoms with Gasteiger partial charge >= 0.3 is 0 Å². The molecule has 0 bridgehead atoms. The Kier molecular flexibility index (Phi) is 4.77. The van der Waals surface area contributed by atoms with E-state index in [1.165, 1.54) is 0 Å². The number of ether oxygens (including phenoxy) is 1. The van der Waals surface area contributed by atoms with Crippen LogP contribution in [0.4, 0.5) is 0 Å². The van der Waals surface area contributed by atoms with Crippen molar-refractivity contribution in [2.45, 2.75) is 26.1 Å². The second kappa shape index (κ2) is 6.55. The van der Waals surface area contributed by atoms with Gasteiger partial charge in [-0.2, -0.15) is 0 Å². The van der Waals surface area contributed by atoms with Crippen LogP contribution in [0.3, 0.4) is 0 Å². The number of aryl methyl sites for hydroxylation is 1. The van der Waals surface area contributed by atoms with Gasteiger partial charge in [-0.15, -0.1) is 0 Å². The van der Waals surface area contributed by atoms with E-state index in [4.69, 9.17) is 4.74 Å². The zero-order valence-corrected chi connectivity index (χ0v) is 11.8. The quantitative estimate of drug-likeness (QED) is 0.879. The number of hydrogen-bond acceptors (Lipinski definition) is 3. The fourth-order valence-corrected chi connectivity index (χ4v) is 2.03. The molecule has 1 unspecified atom stereocenters. The lowest BCUT2D eigenvalue weighted by Crippen LogP contribution is -2.10.